The van der Waals surface area contributed by atoms with Crippen LogP contribution >= 0.6 is 50.4 Å². The normalized spacial score (nSPS) is 15.8. The molecule has 1 aromatic carbocycles. The highest BCUT2D eigenvalue weighted by atomic mass is 79.9. The van der Waals surface area contributed by atoms with E-state index < -0.39 is 0 Å². The number of hydrogen-bond donors (Lipinski definition) is 1. The molecule has 1 atom stereocenters. The van der Waals surface area contributed by atoms with Gasteiger partial charge in [0.15, 0.2) is 4.80 Å². The van der Waals surface area contributed by atoms with Gasteiger partial charge in [0, 0.05) is 16.4 Å². The molecule has 0 radical (unpaired) electrons. The Morgan fingerprint density at radius 3 is 2.86 bits per heavy atom. The van der Waals surface area contributed by atoms with Gasteiger partial charge in [-0.2, -0.15) is 4.99 Å². The van der Waals surface area contributed by atoms with Crippen LogP contribution in [0.4, 0.5) is 5.00 Å². The summed E-state index contributed by atoms with van der Waals surface area (Å²) in [5, 5.41) is 3.44. The number of rotatable bonds is 7. The highest BCUT2D eigenvalue weighted by Crippen LogP contribution is 2.40. The number of carbonyl (C=O) groups is 3. The molecule has 1 aliphatic carbocycles. The fraction of sp³-hybridized carbons (Fsp3) is 0.417. The standard InChI is InChI=1S/C24H26BrN3O4S3/c1-4-32-23(31)21-15-7-5-13(2)9-17(15)34-22(21)26-19(29)11-33-12-20(30)27-24-28(3)16-8-6-14(25)10-18(16)35-24/h6,8,10,13H,4-5,7,9,11-12H2,1-3H3,(H,26,29). The van der Waals surface area contributed by atoms with Gasteiger partial charge in [0.05, 0.1) is 33.9 Å². The van der Waals surface area contributed by atoms with E-state index in [0.717, 1.165) is 44.4 Å². The fourth-order valence-corrected chi connectivity index (χ4v) is 7.61. The predicted molar refractivity (Wildman–Crippen MR) is 146 cm³/mol. The Balaban J connectivity index is 1.39. The van der Waals surface area contributed by atoms with Crippen molar-refractivity contribution >= 4 is 83.4 Å². The van der Waals surface area contributed by atoms with Gasteiger partial charge in [0.25, 0.3) is 5.91 Å². The number of aromatic nitrogens is 1. The fourth-order valence-electron chi connectivity index (χ4n) is 4.01. The highest BCUT2D eigenvalue weighted by Gasteiger charge is 2.29. The van der Waals surface area contributed by atoms with Crippen LogP contribution in [-0.4, -0.2) is 40.5 Å². The SMILES string of the molecule is CCOC(=O)c1c(NC(=O)CSCC(=O)N=c2sc3cc(Br)ccc3n2C)sc2c1CCC(C)C2. The first-order chi connectivity index (χ1) is 16.8. The molecule has 0 aliphatic heterocycles. The molecule has 0 spiro atoms. The number of thiazole rings is 1. The van der Waals surface area contributed by atoms with Crippen molar-refractivity contribution in [3.05, 3.63) is 43.5 Å². The van der Waals surface area contributed by atoms with Gasteiger partial charge < -0.3 is 14.6 Å². The Hall–Kier alpha value is -1.95. The minimum atomic E-state index is -0.389. The van der Waals surface area contributed by atoms with Crippen molar-refractivity contribution in [2.24, 2.45) is 18.0 Å². The van der Waals surface area contributed by atoms with E-state index in [-0.39, 0.29) is 35.9 Å². The molecule has 2 aromatic heterocycles. The quantitative estimate of drug-likeness (QED) is 0.381. The number of esters is 1. The smallest absolute Gasteiger partial charge is 0.341 e. The van der Waals surface area contributed by atoms with E-state index in [0.29, 0.717) is 21.3 Å². The summed E-state index contributed by atoms with van der Waals surface area (Å²) in [6.07, 6.45) is 2.73. The van der Waals surface area contributed by atoms with Gasteiger partial charge >= 0.3 is 5.97 Å². The van der Waals surface area contributed by atoms with Crippen LogP contribution in [0.5, 0.6) is 0 Å². The van der Waals surface area contributed by atoms with E-state index in [4.69, 9.17) is 4.74 Å². The lowest BCUT2D eigenvalue weighted by atomic mass is 9.88. The number of fused-ring (bicyclic) bond motifs is 2. The number of nitrogens with one attached hydrogen (secondary N) is 1. The zero-order chi connectivity index (χ0) is 25.1. The molecular weight excluding hydrogens is 570 g/mol. The van der Waals surface area contributed by atoms with Gasteiger partial charge in [-0.1, -0.05) is 34.2 Å². The Bertz CT molecular complexity index is 1360. The van der Waals surface area contributed by atoms with Crippen LogP contribution < -0.4 is 10.1 Å². The summed E-state index contributed by atoms with van der Waals surface area (Å²) in [7, 11) is 1.88. The van der Waals surface area contributed by atoms with E-state index >= 15 is 0 Å². The van der Waals surface area contributed by atoms with Gasteiger partial charge in [-0.3, -0.25) is 9.59 Å². The van der Waals surface area contributed by atoms with Crippen molar-refractivity contribution < 1.29 is 19.1 Å². The third-order valence-corrected chi connectivity index (χ3v) is 9.37. The number of carbonyl (C=O) groups excluding carboxylic acids is 3. The Morgan fingerprint density at radius 1 is 1.29 bits per heavy atom. The lowest BCUT2D eigenvalue weighted by Crippen LogP contribution is -2.18. The Morgan fingerprint density at radius 2 is 2.09 bits per heavy atom. The van der Waals surface area contributed by atoms with E-state index in [1.165, 1.54) is 34.4 Å². The first-order valence-electron chi connectivity index (χ1n) is 11.3. The van der Waals surface area contributed by atoms with Crippen LogP contribution in [0.15, 0.2) is 27.7 Å². The molecule has 1 N–H and O–H groups in total. The number of ether oxygens (including phenoxy) is 1. The van der Waals surface area contributed by atoms with Crippen molar-refractivity contribution in [1.29, 1.82) is 0 Å². The van der Waals surface area contributed by atoms with Crippen molar-refractivity contribution in [3.8, 4) is 0 Å². The molecule has 1 aliphatic rings. The first kappa shape index (κ1) is 26.1. The second-order valence-electron chi connectivity index (χ2n) is 8.38. The maximum absolute atomic E-state index is 12.6. The summed E-state index contributed by atoms with van der Waals surface area (Å²) in [6, 6.07) is 5.93. The van der Waals surface area contributed by atoms with Gasteiger partial charge in [-0.05, 0) is 55.9 Å². The number of nitrogens with zero attached hydrogens (tertiary/aromatic N) is 2. The van der Waals surface area contributed by atoms with Crippen LogP contribution in [0, 0.1) is 5.92 Å². The molecule has 35 heavy (non-hydrogen) atoms. The third kappa shape index (κ3) is 6.07. The minimum absolute atomic E-state index is 0.0913. The average molecular weight is 597 g/mol. The van der Waals surface area contributed by atoms with E-state index in [1.807, 2.05) is 29.8 Å². The summed E-state index contributed by atoms with van der Waals surface area (Å²) in [5.41, 5.74) is 2.50. The second kappa shape index (κ2) is 11.4. The molecule has 0 saturated heterocycles. The number of anilines is 1. The van der Waals surface area contributed by atoms with E-state index in [1.54, 1.807) is 6.92 Å². The lowest BCUT2D eigenvalue weighted by molar-refractivity contribution is -0.115. The number of halogens is 1. The monoisotopic (exact) mass is 595 g/mol. The van der Waals surface area contributed by atoms with Crippen molar-refractivity contribution in [2.75, 3.05) is 23.4 Å². The molecular formula is C24H26BrN3O4S3. The van der Waals surface area contributed by atoms with E-state index in [2.05, 4.69) is 33.2 Å². The lowest BCUT2D eigenvalue weighted by Gasteiger charge is -2.18. The minimum Gasteiger partial charge on any atom is -0.462 e. The summed E-state index contributed by atoms with van der Waals surface area (Å²) >= 11 is 7.57. The molecule has 186 valence electrons. The molecule has 2 heterocycles. The van der Waals surface area contributed by atoms with E-state index in [9.17, 15) is 14.4 Å². The average Bonchev–Trinajstić information content (AvgIpc) is 3.29. The first-order valence-corrected chi connectivity index (χ1v) is 14.9. The third-order valence-electron chi connectivity index (χ3n) is 5.69. The zero-order valence-electron chi connectivity index (χ0n) is 19.7. The number of hydrogen-bond acceptors (Lipinski definition) is 7. The molecule has 1 unspecified atom stereocenters. The molecule has 7 nitrogen and oxygen atoms in total. The van der Waals surface area contributed by atoms with Crippen molar-refractivity contribution in [2.45, 2.75) is 33.1 Å². The van der Waals surface area contributed by atoms with Gasteiger partial charge in [0.1, 0.15) is 5.00 Å². The van der Waals surface area contributed by atoms with Crippen LogP contribution in [0.1, 0.15) is 41.1 Å². The zero-order valence-corrected chi connectivity index (χ0v) is 23.7. The summed E-state index contributed by atoms with van der Waals surface area (Å²) in [6.45, 7) is 4.25. The molecule has 2 amide bonds. The second-order valence-corrected chi connectivity index (χ2v) is 12.4. The van der Waals surface area contributed by atoms with Gasteiger partial charge in [0.2, 0.25) is 5.91 Å². The molecule has 11 heteroatoms. The summed E-state index contributed by atoms with van der Waals surface area (Å²) in [5.74, 6) is -0.203. The van der Waals surface area contributed by atoms with Crippen LogP contribution in [-0.2, 0) is 34.2 Å². The largest absolute Gasteiger partial charge is 0.462 e. The molecule has 0 fully saturated rings. The number of amides is 2. The maximum atomic E-state index is 12.6. The number of thiophene rings is 1. The molecule has 4 rings (SSSR count). The maximum Gasteiger partial charge on any atom is 0.341 e. The van der Waals surface area contributed by atoms with Crippen LogP contribution in [0.3, 0.4) is 0 Å². The highest BCUT2D eigenvalue weighted by molar-refractivity contribution is 9.10. The number of aryl methyl sites for hydroxylation is 1. The molecule has 0 saturated carbocycles. The van der Waals surface area contributed by atoms with Gasteiger partial charge in [-0.25, -0.2) is 4.79 Å². The molecule has 0 bridgehead atoms. The van der Waals surface area contributed by atoms with Crippen LogP contribution in [0.25, 0.3) is 10.2 Å². The van der Waals surface area contributed by atoms with Gasteiger partial charge in [-0.15, -0.1) is 23.1 Å². The topological polar surface area (TPSA) is 89.8 Å². The number of benzene rings is 1. The summed E-state index contributed by atoms with van der Waals surface area (Å²) < 4.78 is 9.15. The predicted octanol–water partition coefficient (Wildman–Crippen LogP) is 5.16. The Labute approximate surface area is 224 Å². The van der Waals surface area contributed by atoms with Crippen molar-refractivity contribution in [3.63, 3.8) is 0 Å². The summed E-state index contributed by atoms with van der Waals surface area (Å²) in [4.78, 5) is 43.7. The number of thioether (sulfide) groups is 1. The van der Waals surface area contributed by atoms with Crippen molar-refractivity contribution in [1.82, 2.24) is 4.57 Å². The van der Waals surface area contributed by atoms with Crippen LogP contribution in [0.2, 0.25) is 0 Å². The Kier molecular flexibility index (Phi) is 8.51. The molecule has 3 aromatic rings.